The number of halogens is 2. The Morgan fingerprint density at radius 1 is 1.00 bits per heavy atom. The van der Waals surface area contributed by atoms with Crippen LogP contribution in [0.5, 0.6) is 0 Å². The maximum absolute atomic E-state index is 5.36. The first-order valence-corrected chi connectivity index (χ1v) is 5.04. The molecule has 1 nitrogen and oxygen atoms in total. The molecule has 4 atom stereocenters. The number of epoxide rings is 1. The van der Waals surface area contributed by atoms with Crippen molar-refractivity contribution in [1.82, 2.24) is 0 Å². The SMILES string of the molecule is Br[C@@H]1C[C@@H]2O[C@H]2C[C@@H]1Br. The van der Waals surface area contributed by atoms with Gasteiger partial charge in [-0.15, -0.1) is 0 Å². The first-order chi connectivity index (χ1) is 4.27. The molecule has 1 aliphatic heterocycles. The van der Waals surface area contributed by atoms with Crippen molar-refractivity contribution >= 4 is 31.9 Å². The Balaban J connectivity index is 1.98. The fraction of sp³-hybridized carbons (Fsp3) is 1.00. The molecule has 9 heavy (non-hydrogen) atoms. The van der Waals surface area contributed by atoms with Gasteiger partial charge in [0.1, 0.15) is 0 Å². The zero-order chi connectivity index (χ0) is 6.43. The van der Waals surface area contributed by atoms with Gasteiger partial charge in [0.2, 0.25) is 0 Å². The van der Waals surface area contributed by atoms with Gasteiger partial charge in [0.15, 0.2) is 0 Å². The zero-order valence-corrected chi connectivity index (χ0v) is 8.06. The van der Waals surface area contributed by atoms with Gasteiger partial charge in [-0.05, 0) is 12.8 Å². The number of hydrogen-bond donors (Lipinski definition) is 0. The van der Waals surface area contributed by atoms with Crippen LogP contribution in [0.3, 0.4) is 0 Å². The summed E-state index contributed by atoms with van der Waals surface area (Å²) in [5.74, 6) is 0. The van der Waals surface area contributed by atoms with Crippen LogP contribution in [0.25, 0.3) is 0 Å². The van der Waals surface area contributed by atoms with E-state index in [0.29, 0.717) is 21.9 Å². The molecule has 0 spiro atoms. The maximum Gasteiger partial charge on any atom is 0.0853 e. The van der Waals surface area contributed by atoms with Crippen LogP contribution >= 0.6 is 31.9 Å². The van der Waals surface area contributed by atoms with E-state index in [1.165, 1.54) is 12.8 Å². The highest BCUT2D eigenvalue weighted by atomic mass is 79.9. The average molecular weight is 256 g/mol. The molecule has 1 aliphatic carbocycles. The first kappa shape index (κ1) is 6.62. The molecule has 2 aliphatic rings. The lowest BCUT2D eigenvalue weighted by atomic mass is 10.0. The summed E-state index contributed by atoms with van der Waals surface area (Å²) in [6.45, 7) is 0. The third-order valence-corrected chi connectivity index (χ3v) is 4.73. The van der Waals surface area contributed by atoms with Crippen molar-refractivity contribution < 1.29 is 4.74 Å². The van der Waals surface area contributed by atoms with Gasteiger partial charge >= 0.3 is 0 Å². The smallest absolute Gasteiger partial charge is 0.0853 e. The molecule has 0 radical (unpaired) electrons. The van der Waals surface area contributed by atoms with E-state index in [1.807, 2.05) is 0 Å². The van der Waals surface area contributed by atoms with E-state index in [1.54, 1.807) is 0 Å². The van der Waals surface area contributed by atoms with Gasteiger partial charge in [-0.25, -0.2) is 0 Å². The minimum absolute atomic E-state index is 0.586. The number of hydrogen-bond acceptors (Lipinski definition) is 1. The topological polar surface area (TPSA) is 12.5 Å². The predicted octanol–water partition coefficient (Wildman–Crippen LogP) is 2.07. The van der Waals surface area contributed by atoms with Crippen LogP contribution in [0.1, 0.15) is 12.8 Å². The Morgan fingerprint density at radius 3 is 1.89 bits per heavy atom. The molecule has 0 aromatic heterocycles. The Bertz CT molecular complexity index is 114. The van der Waals surface area contributed by atoms with Gasteiger partial charge in [-0.3, -0.25) is 0 Å². The highest BCUT2D eigenvalue weighted by Crippen LogP contribution is 2.41. The highest BCUT2D eigenvalue weighted by molar-refractivity contribution is 9.12. The standard InChI is InChI=1S/C6H8Br2O/c7-3-1-5-6(9-5)2-4(3)8/h3-6H,1-2H2/t3-,4+,5-,6-/m0/s1. The number of ether oxygens (including phenoxy) is 1. The molecule has 1 saturated heterocycles. The minimum Gasteiger partial charge on any atom is -0.370 e. The molecule has 0 aromatic carbocycles. The van der Waals surface area contributed by atoms with Crippen molar-refractivity contribution in [2.24, 2.45) is 0 Å². The molecule has 0 aromatic rings. The zero-order valence-electron chi connectivity index (χ0n) is 4.89. The molecular weight excluding hydrogens is 248 g/mol. The fourth-order valence-corrected chi connectivity index (χ4v) is 2.50. The van der Waals surface area contributed by atoms with Gasteiger partial charge in [0.05, 0.1) is 12.2 Å². The van der Waals surface area contributed by atoms with E-state index in [0.717, 1.165) is 0 Å². The maximum atomic E-state index is 5.36. The lowest BCUT2D eigenvalue weighted by Gasteiger charge is -2.18. The Labute approximate surface area is 71.4 Å². The molecule has 1 heterocycles. The van der Waals surface area contributed by atoms with E-state index in [2.05, 4.69) is 31.9 Å². The molecule has 0 amide bonds. The summed E-state index contributed by atoms with van der Waals surface area (Å²) in [5, 5.41) is 0. The number of alkyl halides is 2. The van der Waals surface area contributed by atoms with Gasteiger partial charge in [-0.2, -0.15) is 0 Å². The summed E-state index contributed by atoms with van der Waals surface area (Å²) in [5.41, 5.74) is 0. The van der Waals surface area contributed by atoms with Gasteiger partial charge in [-0.1, -0.05) is 31.9 Å². The third kappa shape index (κ3) is 1.19. The molecule has 2 rings (SSSR count). The Morgan fingerprint density at radius 2 is 1.44 bits per heavy atom. The predicted molar refractivity (Wildman–Crippen MR) is 43.3 cm³/mol. The highest BCUT2D eigenvalue weighted by Gasteiger charge is 2.46. The molecular formula is C6H8Br2O. The van der Waals surface area contributed by atoms with E-state index >= 15 is 0 Å². The first-order valence-electron chi connectivity index (χ1n) is 3.21. The van der Waals surface area contributed by atoms with E-state index in [9.17, 15) is 0 Å². The van der Waals surface area contributed by atoms with E-state index in [4.69, 9.17) is 4.74 Å². The Kier molecular flexibility index (Phi) is 1.62. The van der Waals surface area contributed by atoms with Crippen LogP contribution in [0.4, 0.5) is 0 Å². The molecule has 3 heteroatoms. The van der Waals surface area contributed by atoms with Crippen LogP contribution in [0.15, 0.2) is 0 Å². The molecule has 1 saturated carbocycles. The third-order valence-electron chi connectivity index (χ3n) is 2.00. The summed E-state index contributed by atoms with van der Waals surface area (Å²) in [4.78, 5) is 1.25. The van der Waals surface area contributed by atoms with Gasteiger partial charge in [0.25, 0.3) is 0 Å². The quantitative estimate of drug-likeness (QED) is 0.477. The van der Waals surface area contributed by atoms with Crippen molar-refractivity contribution in [1.29, 1.82) is 0 Å². The lowest BCUT2D eigenvalue weighted by molar-refractivity contribution is 0.373. The second kappa shape index (κ2) is 2.21. The van der Waals surface area contributed by atoms with Crippen molar-refractivity contribution in [3.8, 4) is 0 Å². The van der Waals surface area contributed by atoms with Gasteiger partial charge in [0, 0.05) is 9.65 Å². The van der Waals surface area contributed by atoms with Gasteiger partial charge < -0.3 is 4.74 Å². The second-order valence-electron chi connectivity index (χ2n) is 2.72. The Hall–Kier alpha value is 0.920. The summed E-state index contributed by atoms with van der Waals surface area (Å²) in [6, 6.07) is 0. The minimum atomic E-state index is 0.586. The molecule has 0 unspecified atom stereocenters. The summed E-state index contributed by atoms with van der Waals surface area (Å²) >= 11 is 7.19. The van der Waals surface area contributed by atoms with Crippen LogP contribution in [0, 0.1) is 0 Å². The second-order valence-corrected chi connectivity index (χ2v) is 5.07. The fourth-order valence-electron chi connectivity index (χ4n) is 1.33. The number of rotatable bonds is 0. The largest absolute Gasteiger partial charge is 0.370 e. The van der Waals surface area contributed by atoms with Crippen LogP contribution in [0.2, 0.25) is 0 Å². The summed E-state index contributed by atoms with van der Waals surface area (Å²) in [7, 11) is 0. The van der Waals surface area contributed by atoms with Crippen molar-refractivity contribution in [2.45, 2.75) is 34.7 Å². The van der Waals surface area contributed by atoms with Crippen LogP contribution in [-0.4, -0.2) is 21.9 Å². The molecule has 52 valence electrons. The summed E-state index contributed by atoms with van der Waals surface area (Å²) in [6.07, 6.45) is 3.53. The van der Waals surface area contributed by atoms with E-state index in [-0.39, 0.29) is 0 Å². The monoisotopic (exact) mass is 254 g/mol. The lowest BCUT2D eigenvalue weighted by Crippen LogP contribution is -2.24. The van der Waals surface area contributed by atoms with Crippen LogP contribution < -0.4 is 0 Å². The average Bonchev–Trinajstić information content (AvgIpc) is 2.46. The normalized spacial score (nSPS) is 56.7. The van der Waals surface area contributed by atoms with Crippen molar-refractivity contribution in [3.63, 3.8) is 0 Å². The molecule has 2 fully saturated rings. The van der Waals surface area contributed by atoms with Crippen LogP contribution in [-0.2, 0) is 4.74 Å². The van der Waals surface area contributed by atoms with E-state index < -0.39 is 0 Å². The molecule has 0 N–H and O–H groups in total. The molecule has 0 bridgehead atoms. The number of fused-ring (bicyclic) bond motifs is 1. The van der Waals surface area contributed by atoms with Crippen molar-refractivity contribution in [2.75, 3.05) is 0 Å². The summed E-state index contributed by atoms with van der Waals surface area (Å²) < 4.78 is 5.36. The van der Waals surface area contributed by atoms with Crippen molar-refractivity contribution in [3.05, 3.63) is 0 Å².